The molecular weight excluding hydrogens is 220 g/mol. The molecule has 0 aliphatic carbocycles. The van der Waals surface area contributed by atoms with Crippen LogP contribution in [0.2, 0.25) is 0 Å². The predicted octanol–water partition coefficient (Wildman–Crippen LogP) is 3.04. The Hall–Kier alpha value is -0.860. The lowest BCUT2D eigenvalue weighted by Crippen LogP contribution is -2.36. The van der Waals surface area contributed by atoms with Gasteiger partial charge in [0.05, 0.1) is 0 Å². The lowest BCUT2D eigenvalue weighted by molar-refractivity contribution is 0.406. The van der Waals surface area contributed by atoms with E-state index in [0.717, 1.165) is 19.6 Å². The maximum absolute atomic E-state index is 3.57. The van der Waals surface area contributed by atoms with Gasteiger partial charge in [0.1, 0.15) is 0 Å². The zero-order valence-corrected chi connectivity index (χ0v) is 11.9. The highest BCUT2D eigenvalue weighted by molar-refractivity contribution is 5.32. The van der Waals surface area contributed by atoms with Gasteiger partial charge in [0.15, 0.2) is 0 Å². The number of hydrogen-bond donors (Lipinski definition) is 2. The van der Waals surface area contributed by atoms with Crippen LogP contribution >= 0.6 is 0 Å². The Morgan fingerprint density at radius 1 is 1.28 bits per heavy atom. The summed E-state index contributed by atoms with van der Waals surface area (Å²) >= 11 is 0. The van der Waals surface area contributed by atoms with E-state index in [1.54, 1.807) is 5.56 Å². The summed E-state index contributed by atoms with van der Waals surface area (Å²) in [4.78, 5) is 0. The second kappa shape index (κ2) is 5.85. The maximum Gasteiger partial charge on any atom is 0.0208 e. The molecule has 1 atom stereocenters. The highest BCUT2D eigenvalue weighted by Gasteiger charge is 2.19. The normalized spacial score (nSPS) is 19.6. The molecule has 1 aliphatic heterocycles. The zero-order chi connectivity index (χ0) is 13.0. The molecule has 100 valence electrons. The monoisotopic (exact) mass is 246 g/mol. The van der Waals surface area contributed by atoms with Crippen LogP contribution in [0.4, 0.5) is 0 Å². The molecule has 0 saturated heterocycles. The number of fused-ring (bicyclic) bond motifs is 1. The number of benzene rings is 1. The SMILES string of the molecule is CC(C)(C)NCCCC1CNCc2ccccc21. The third kappa shape index (κ3) is 3.82. The van der Waals surface area contributed by atoms with Crippen molar-refractivity contribution in [2.75, 3.05) is 13.1 Å². The third-order valence-corrected chi connectivity index (χ3v) is 3.59. The van der Waals surface area contributed by atoms with Crippen molar-refractivity contribution in [3.05, 3.63) is 35.4 Å². The Kier molecular flexibility index (Phi) is 4.41. The van der Waals surface area contributed by atoms with Crippen molar-refractivity contribution >= 4 is 0 Å². The van der Waals surface area contributed by atoms with Gasteiger partial charge in [0.25, 0.3) is 0 Å². The van der Waals surface area contributed by atoms with Crippen molar-refractivity contribution < 1.29 is 0 Å². The summed E-state index contributed by atoms with van der Waals surface area (Å²) in [6, 6.07) is 8.87. The molecule has 1 aromatic rings. The van der Waals surface area contributed by atoms with Gasteiger partial charge < -0.3 is 10.6 Å². The molecule has 18 heavy (non-hydrogen) atoms. The molecule has 1 heterocycles. The Bertz CT molecular complexity index is 379. The van der Waals surface area contributed by atoms with E-state index >= 15 is 0 Å². The van der Waals surface area contributed by atoms with Gasteiger partial charge >= 0.3 is 0 Å². The smallest absolute Gasteiger partial charge is 0.0208 e. The van der Waals surface area contributed by atoms with Crippen LogP contribution < -0.4 is 10.6 Å². The minimum Gasteiger partial charge on any atom is -0.312 e. The Balaban J connectivity index is 1.84. The van der Waals surface area contributed by atoms with E-state index in [9.17, 15) is 0 Å². The number of nitrogens with one attached hydrogen (secondary N) is 2. The molecule has 0 fully saturated rings. The molecule has 0 amide bonds. The van der Waals surface area contributed by atoms with Gasteiger partial charge in [-0.05, 0) is 57.2 Å². The standard InChI is InChI=1S/C16H26N2/c1-16(2,3)18-10-6-8-14-12-17-11-13-7-4-5-9-15(13)14/h4-5,7,9,14,17-18H,6,8,10-12H2,1-3H3. The zero-order valence-electron chi connectivity index (χ0n) is 11.9. The summed E-state index contributed by atoms with van der Waals surface area (Å²) in [7, 11) is 0. The topological polar surface area (TPSA) is 24.1 Å². The van der Waals surface area contributed by atoms with Gasteiger partial charge in [-0.3, -0.25) is 0 Å². The molecule has 0 aromatic heterocycles. The van der Waals surface area contributed by atoms with Gasteiger partial charge in [0.2, 0.25) is 0 Å². The van der Waals surface area contributed by atoms with E-state index in [-0.39, 0.29) is 5.54 Å². The van der Waals surface area contributed by atoms with Crippen LogP contribution in [-0.2, 0) is 6.54 Å². The molecule has 1 aliphatic rings. The van der Waals surface area contributed by atoms with Gasteiger partial charge in [0, 0.05) is 18.6 Å². The molecule has 2 rings (SSSR count). The molecule has 0 saturated carbocycles. The van der Waals surface area contributed by atoms with Crippen LogP contribution in [-0.4, -0.2) is 18.6 Å². The van der Waals surface area contributed by atoms with E-state index in [0.29, 0.717) is 5.92 Å². The van der Waals surface area contributed by atoms with E-state index < -0.39 is 0 Å². The molecular formula is C16H26N2. The largest absolute Gasteiger partial charge is 0.312 e. The van der Waals surface area contributed by atoms with Gasteiger partial charge in [-0.15, -0.1) is 0 Å². The van der Waals surface area contributed by atoms with E-state index in [1.165, 1.54) is 18.4 Å². The van der Waals surface area contributed by atoms with Crippen LogP contribution in [0.25, 0.3) is 0 Å². The van der Waals surface area contributed by atoms with Crippen LogP contribution in [0.3, 0.4) is 0 Å². The third-order valence-electron chi connectivity index (χ3n) is 3.59. The highest BCUT2D eigenvalue weighted by atomic mass is 14.9. The molecule has 2 heteroatoms. The first kappa shape index (κ1) is 13.6. The fourth-order valence-electron chi connectivity index (χ4n) is 2.65. The maximum atomic E-state index is 3.57. The summed E-state index contributed by atoms with van der Waals surface area (Å²) in [5.41, 5.74) is 3.28. The number of rotatable bonds is 4. The first-order chi connectivity index (χ1) is 8.56. The lowest BCUT2D eigenvalue weighted by Gasteiger charge is -2.27. The average molecular weight is 246 g/mol. The van der Waals surface area contributed by atoms with E-state index in [2.05, 4.69) is 55.7 Å². The van der Waals surface area contributed by atoms with Gasteiger partial charge in [-0.1, -0.05) is 24.3 Å². The van der Waals surface area contributed by atoms with Crippen molar-refractivity contribution in [3.63, 3.8) is 0 Å². The summed E-state index contributed by atoms with van der Waals surface area (Å²) in [5, 5.41) is 7.09. The van der Waals surface area contributed by atoms with E-state index in [1.807, 2.05) is 0 Å². The van der Waals surface area contributed by atoms with Crippen molar-refractivity contribution in [2.24, 2.45) is 0 Å². The summed E-state index contributed by atoms with van der Waals surface area (Å²) in [6.45, 7) is 9.96. The Morgan fingerprint density at radius 2 is 2.06 bits per heavy atom. The molecule has 0 spiro atoms. The molecule has 0 bridgehead atoms. The highest BCUT2D eigenvalue weighted by Crippen LogP contribution is 2.27. The van der Waals surface area contributed by atoms with Crippen molar-refractivity contribution in [2.45, 2.75) is 51.6 Å². The second-order valence-corrected chi connectivity index (χ2v) is 6.35. The second-order valence-electron chi connectivity index (χ2n) is 6.35. The summed E-state index contributed by atoms with van der Waals surface area (Å²) < 4.78 is 0. The van der Waals surface area contributed by atoms with E-state index in [4.69, 9.17) is 0 Å². The van der Waals surface area contributed by atoms with Crippen molar-refractivity contribution in [1.29, 1.82) is 0 Å². The minimum atomic E-state index is 0.239. The Morgan fingerprint density at radius 3 is 2.83 bits per heavy atom. The summed E-state index contributed by atoms with van der Waals surface area (Å²) in [5.74, 6) is 0.691. The van der Waals surface area contributed by atoms with Crippen LogP contribution in [0.5, 0.6) is 0 Å². The quantitative estimate of drug-likeness (QED) is 0.798. The molecule has 2 N–H and O–H groups in total. The first-order valence-corrected chi connectivity index (χ1v) is 7.10. The van der Waals surface area contributed by atoms with Crippen LogP contribution in [0.15, 0.2) is 24.3 Å². The molecule has 1 unspecified atom stereocenters. The number of hydrogen-bond acceptors (Lipinski definition) is 2. The van der Waals surface area contributed by atoms with Crippen LogP contribution in [0.1, 0.15) is 50.7 Å². The predicted molar refractivity (Wildman–Crippen MR) is 77.9 cm³/mol. The molecule has 0 radical (unpaired) electrons. The van der Waals surface area contributed by atoms with Gasteiger partial charge in [-0.2, -0.15) is 0 Å². The first-order valence-electron chi connectivity index (χ1n) is 7.10. The van der Waals surface area contributed by atoms with Gasteiger partial charge in [-0.25, -0.2) is 0 Å². The summed E-state index contributed by atoms with van der Waals surface area (Å²) in [6.07, 6.45) is 2.52. The molecule has 1 aromatic carbocycles. The minimum absolute atomic E-state index is 0.239. The Labute approximate surface area is 111 Å². The van der Waals surface area contributed by atoms with Crippen molar-refractivity contribution in [3.8, 4) is 0 Å². The lowest BCUT2D eigenvalue weighted by atomic mass is 9.87. The fourth-order valence-corrected chi connectivity index (χ4v) is 2.65. The molecule has 2 nitrogen and oxygen atoms in total. The average Bonchev–Trinajstić information content (AvgIpc) is 2.33. The van der Waals surface area contributed by atoms with Crippen LogP contribution in [0, 0.1) is 0 Å². The van der Waals surface area contributed by atoms with Crippen molar-refractivity contribution in [1.82, 2.24) is 10.6 Å². The fraction of sp³-hybridized carbons (Fsp3) is 0.625.